The van der Waals surface area contributed by atoms with Crippen LogP contribution in [0.5, 0.6) is 11.5 Å². The molecule has 2 saturated heterocycles. The van der Waals surface area contributed by atoms with Gasteiger partial charge in [-0.2, -0.15) is 0 Å². The van der Waals surface area contributed by atoms with Crippen LogP contribution in [0.4, 0.5) is 5.82 Å². The van der Waals surface area contributed by atoms with Gasteiger partial charge in [0.15, 0.2) is 0 Å². The first-order chi connectivity index (χ1) is 19.5. The van der Waals surface area contributed by atoms with Crippen molar-refractivity contribution in [2.24, 2.45) is 0 Å². The van der Waals surface area contributed by atoms with Crippen LogP contribution in [-0.2, 0) is 12.8 Å². The fraction of sp³-hybridized carbons (Fsp3) is 0.406. The lowest BCUT2D eigenvalue weighted by Crippen LogP contribution is -2.50. The molecule has 8 heteroatoms. The summed E-state index contributed by atoms with van der Waals surface area (Å²) in [5.74, 6) is 2.44. The summed E-state index contributed by atoms with van der Waals surface area (Å²) in [6.45, 7) is 3.20. The van der Waals surface area contributed by atoms with Crippen molar-refractivity contribution in [3.63, 3.8) is 0 Å². The number of hydrogen-bond donors (Lipinski definition) is 2. The highest BCUT2D eigenvalue weighted by molar-refractivity contribution is 5.97. The molecule has 8 nitrogen and oxygen atoms in total. The van der Waals surface area contributed by atoms with Gasteiger partial charge in [-0.1, -0.05) is 18.2 Å². The van der Waals surface area contributed by atoms with Crippen LogP contribution in [0.3, 0.4) is 0 Å². The molecule has 0 aliphatic carbocycles. The fourth-order valence-electron chi connectivity index (χ4n) is 6.51. The summed E-state index contributed by atoms with van der Waals surface area (Å²) in [6, 6.07) is 16.4. The van der Waals surface area contributed by atoms with E-state index < -0.39 is 0 Å². The molecule has 3 atom stereocenters. The molecule has 2 unspecified atom stereocenters. The number of amides is 2. The second kappa shape index (κ2) is 11.2. The Kier molecular flexibility index (Phi) is 7.32. The number of carbonyl (C=O) groups is 2. The number of nitrogens with one attached hydrogen (secondary N) is 2. The van der Waals surface area contributed by atoms with Gasteiger partial charge in [0.2, 0.25) is 0 Å². The number of pyridine rings is 1. The molecular weight excluding hydrogens is 504 g/mol. The van der Waals surface area contributed by atoms with Crippen LogP contribution in [0.1, 0.15) is 63.1 Å². The molecule has 4 heterocycles. The predicted molar refractivity (Wildman–Crippen MR) is 153 cm³/mol. The van der Waals surface area contributed by atoms with Gasteiger partial charge >= 0.3 is 0 Å². The molecule has 6 rings (SSSR count). The van der Waals surface area contributed by atoms with E-state index in [4.69, 9.17) is 9.47 Å². The molecule has 2 aromatic carbocycles. The number of hydrogen-bond acceptors (Lipinski definition) is 6. The Morgan fingerprint density at radius 3 is 2.65 bits per heavy atom. The topological polar surface area (TPSA) is 92.8 Å². The molecule has 2 N–H and O–H groups in total. The first kappa shape index (κ1) is 26.2. The highest BCUT2D eigenvalue weighted by Gasteiger charge is 2.42. The normalized spacial score (nSPS) is 20.9. The first-order valence-corrected chi connectivity index (χ1v) is 14.2. The van der Waals surface area contributed by atoms with Gasteiger partial charge in [-0.05, 0) is 80.5 Å². The molecule has 208 valence electrons. The second-order valence-electron chi connectivity index (χ2n) is 11.0. The Balaban J connectivity index is 1.03. The molecule has 40 heavy (non-hydrogen) atoms. The Morgan fingerprint density at radius 1 is 1.07 bits per heavy atom. The number of aromatic nitrogens is 1. The molecule has 3 aliphatic heterocycles. The van der Waals surface area contributed by atoms with Gasteiger partial charge in [-0.15, -0.1) is 0 Å². The van der Waals surface area contributed by atoms with Crippen molar-refractivity contribution in [2.75, 3.05) is 25.2 Å². The number of ether oxygens (including phenoxy) is 2. The van der Waals surface area contributed by atoms with Crippen molar-refractivity contribution in [1.82, 2.24) is 15.6 Å². The van der Waals surface area contributed by atoms with E-state index in [0.717, 1.165) is 67.0 Å². The summed E-state index contributed by atoms with van der Waals surface area (Å²) < 4.78 is 11.0. The largest absolute Gasteiger partial charge is 0.497 e. The van der Waals surface area contributed by atoms with Crippen molar-refractivity contribution >= 4 is 17.6 Å². The van der Waals surface area contributed by atoms with E-state index in [1.165, 1.54) is 5.56 Å². The van der Waals surface area contributed by atoms with Crippen LogP contribution in [0.15, 0.2) is 54.7 Å². The summed E-state index contributed by atoms with van der Waals surface area (Å²) in [6.07, 6.45) is 7.23. The van der Waals surface area contributed by atoms with Gasteiger partial charge in [0.1, 0.15) is 17.3 Å². The standard InChI is InChI=1S/C32H36N4O4/c1-20-28(10-6-22-13-15-40-30(20)22)32(38)35-24-17-25-8-9-26(18-24)36(25)29-11-7-23(19-34-29)31(37)33-14-12-21-4-3-5-27(16-21)39-2/h3-7,10-11,16,19,24-26H,8-9,12-15,17-18H2,1-2H3,(H,33,37)(H,35,38)/t24?,25-,26?/m0/s1. The van der Waals surface area contributed by atoms with Gasteiger partial charge in [-0.3, -0.25) is 9.59 Å². The van der Waals surface area contributed by atoms with E-state index in [9.17, 15) is 9.59 Å². The van der Waals surface area contributed by atoms with Crippen LogP contribution < -0.4 is 25.0 Å². The average molecular weight is 541 g/mol. The van der Waals surface area contributed by atoms with Crippen LogP contribution in [0.25, 0.3) is 0 Å². The zero-order valence-electron chi connectivity index (χ0n) is 23.1. The smallest absolute Gasteiger partial charge is 0.252 e. The van der Waals surface area contributed by atoms with Gasteiger partial charge in [0.05, 0.1) is 19.3 Å². The number of benzene rings is 2. The van der Waals surface area contributed by atoms with E-state index in [2.05, 4.69) is 20.5 Å². The van der Waals surface area contributed by atoms with Crippen LogP contribution in [0, 0.1) is 6.92 Å². The minimum atomic E-state index is -0.126. The van der Waals surface area contributed by atoms with E-state index in [1.807, 2.05) is 55.5 Å². The third-order valence-electron chi connectivity index (χ3n) is 8.53. The maximum absolute atomic E-state index is 13.2. The summed E-state index contributed by atoms with van der Waals surface area (Å²) in [7, 11) is 1.65. The van der Waals surface area contributed by atoms with Gasteiger partial charge in [-0.25, -0.2) is 4.98 Å². The molecule has 2 bridgehead atoms. The first-order valence-electron chi connectivity index (χ1n) is 14.2. The summed E-state index contributed by atoms with van der Waals surface area (Å²) in [5.41, 5.74) is 4.48. The SMILES string of the molecule is COc1cccc(CCNC(=O)c2ccc(N3C4CC[C@H]3CC(NC(=O)c3ccc5c(c3C)OCC5)C4)nc2)c1. The van der Waals surface area contributed by atoms with E-state index >= 15 is 0 Å². The average Bonchev–Trinajstić information content (AvgIpc) is 3.56. The summed E-state index contributed by atoms with van der Waals surface area (Å²) in [5, 5.41) is 6.29. The van der Waals surface area contributed by atoms with Crippen molar-refractivity contribution in [1.29, 1.82) is 0 Å². The van der Waals surface area contributed by atoms with Gasteiger partial charge < -0.3 is 25.0 Å². The number of piperidine rings is 1. The van der Waals surface area contributed by atoms with Crippen molar-refractivity contribution in [3.8, 4) is 11.5 Å². The monoisotopic (exact) mass is 540 g/mol. The molecule has 2 fully saturated rings. The summed E-state index contributed by atoms with van der Waals surface area (Å²) >= 11 is 0. The summed E-state index contributed by atoms with van der Waals surface area (Å²) in [4.78, 5) is 32.9. The number of anilines is 1. The predicted octanol–water partition coefficient (Wildman–Crippen LogP) is 4.24. The highest BCUT2D eigenvalue weighted by atomic mass is 16.5. The van der Waals surface area contributed by atoms with E-state index in [0.29, 0.717) is 36.4 Å². The number of rotatable bonds is 8. The molecule has 3 aromatic rings. The molecule has 0 spiro atoms. The minimum absolute atomic E-state index is 0.0199. The van der Waals surface area contributed by atoms with Crippen molar-refractivity contribution < 1.29 is 19.1 Å². The number of methoxy groups -OCH3 is 1. The fourth-order valence-corrected chi connectivity index (χ4v) is 6.51. The van der Waals surface area contributed by atoms with Gasteiger partial charge in [0.25, 0.3) is 11.8 Å². The minimum Gasteiger partial charge on any atom is -0.497 e. The Bertz CT molecular complexity index is 1390. The molecule has 1 aromatic heterocycles. The third kappa shape index (κ3) is 5.22. The van der Waals surface area contributed by atoms with Gasteiger partial charge in [0, 0.05) is 48.4 Å². The third-order valence-corrected chi connectivity index (χ3v) is 8.53. The van der Waals surface area contributed by atoms with E-state index in [-0.39, 0.29) is 17.9 Å². The van der Waals surface area contributed by atoms with Crippen LogP contribution in [-0.4, -0.2) is 55.2 Å². The van der Waals surface area contributed by atoms with Crippen molar-refractivity contribution in [2.45, 2.75) is 63.6 Å². The zero-order valence-corrected chi connectivity index (χ0v) is 23.1. The number of carbonyl (C=O) groups excluding carboxylic acids is 2. The maximum atomic E-state index is 13.2. The lowest BCUT2D eigenvalue weighted by Gasteiger charge is -2.40. The lowest BCUT2D eigenvalue weighted by atomic mass is 9.96. The second-order valence-corrected chi connectivity index (χ2v) is 11.0. The highest BCUT2D eigenvalue weighted by Crippen LogP contribution is 2.39. The van der Waals surface area contributed by atoms with Crippen LogP contribution in [0.2, 0.25) is 0 Å². The molecular formula is C32H36N4O4. The quantitative estimate of drug-likeness (QED) is 0.444. The Morgan fingerprint density at radius 2 is 1.90 bits per heavy atom. The Hall–Kier alpha value is -4.07. The Labute approximate surface area is 235 Å². The number of fused-ring (bicyclic) bond motifs is 3. The molecule has 0 saturated carbocycles. The van der Waals surface area contributed by atoms with E-state index in [1.54, 1.807) is 13.3 Å². The number of nitrogens with zero attached hydrogens (tertiary/aromatic N) is 2. The van der Waals surface area contributed by atoms with Crippen LogP contribution >= 0.6 is 0 Å². The van der Waals surface area contributed by atoms with Crippen molar-refractivity contribution in [3.05, 3.63) is 82.5 Å². The molecule has 3 aliphatic rings. The zero-order chi connectivity index (χ0) is 27.6. The maximum Gasteiger partial charge on any atom is 0.252 e. The molecule has 2 amide bonds. The molecule has 0 radical (unpaired) electrons. The lowest BCUT2D eigenvalue weighted by molar-refractivity contribution is 0.0924.